The normalized spacial score (nSPS) is 10.7. The SMILES string of the molecule is COc1ccccc1CNc1nc(Nc2cc(C)cc(C)c2)nc2ccccc12. The number of para-hydroxylation sites is 2. The molecule has 1 heterocycles. The third kappa shape index (κ3) is 4.29. The van der Waals surface area contributed by atoms with Crippen LogP contribution in [0.5, 0.6) is 5.75 Å². The number of benzene rings is 3. The monoisotopic (exact) mass is 384 g/mol. The lowest BCUT2D eigenvalue weighted by atomic mass is 10.1. The molecule has 1 aromatic heterocycles. The van der Waals surface area contributed by atoms with Crippen LogP contribution >= 0.6 is 0 Å². The minimum absolute atomic E-state index is 0.566. The quantitative estimate of drug-likeness (QED) is 0.452. The van der Waals surface area contributed by atoms with Gasteiger partial charge in [0, 0.05) is 23.2 Å². The minimum atomic E-state index is 0.566. The second kappa shape index (κ2) is 8.19. The summed E-state index contributed by atoms with van der Waals surface area (Å²) in [6.45, 7) is 4.77. The number of hydrogen-bond acceptors (Lipinski definition) is 5. The molecule has 4 rings (SSSR count). The summed E-state index contributed by atoms with van der Waals surface area (Å²) in [4.78, 5) is 9.44. The smallest absolute Gasteiger partial charge is 0.229 e. The molecule has 3 aromatic carbocycles. The van der Waals surface area contributed by atoms with E-state index in [1.807, 2.05) is 48.5 Å². The van der Waals surface area contributed by atoms with E-state index in [9.17, 15) is 0 Å². The zero-order valence-electron chi connectivity index (χ0n) is 16.9. The van der Waals surface area contributed by atoms with Gasteiger partial charge in [-0.15, -0.1) is 0 Å². The van der Waals surface area contributed by atoms with Gasteiger partial charge in [0.1, 0.15) is 11.6 Å². The van der Waals surface area contributed by atoms with Gasteiger partial charge in [0.05, 0.1) is 12.6 Å². The summed E-state index contributed by atoms with van der Waals surface area (Å²) in [6, 6.07) is 22.3. The van der Waals surface area contributed by atoms with Gasteiger partial charge in [0.15, 0.2) is 0 Å². The van der Waals surface area contributed by atoms with Crippen LogP contribution in [0.15, 0.2) is 66.7 Å². The van der Waals surface area contributed by atoms with Gasteiger partial charge in [-0.1, -0.05) is 36.4 Å². The van der Waals surface area contributed by atoms with Gasteiger partial charge < -0.3 is 15.4 Å². The number of methoxy groups -OCH3 is 1. The molecular formula is C24H24N4O. The first-order valence-corrected chi connectivity index (χ1v) is 9.60. The predicted octanol–water partition coefficient (Wildman–Crippen LogP) is 5.61. The first-order chi connectivity index (χ1) is 14.1. The van der Waals surface area contributed by atoms with Gasteiger partial charge in [0.2, 0.25) is 5.95 Å². The predicted molar refractivity (Wildman–Crippen MR) is 119 cm³/mol. The summed E-state index contributed by atoms with van der Waals surface area (Å²) in [5.41, 5.74) is 5.33. The molecule has 0 bridgehead atoms. The van der Waals surface area contributed by atoms with Crippen molar-refractivity contribution in [2.75, 3.05) is 17.7 Å². The van der Waals surface area contributed by atoms with Gasteiger partial charge >= 0.3 is 0 Å². The Morgan fingerprint density at radius 2 is 1.59 bits per heavy atom. The van der Waals surface area contributed by atoms with Crippen LogP contribution in [0.1, 0.15) is 16.7 Å². The Morgan fingerprint density at radius 3 is 2.38 bits per heavy atom. The number of ether oxygens (including phenoxy) is 1. The van der Waals surface area contributed by atoms with E-state index < -0.39 is 0 Å². The zero-order valence-corrected chi connectivity index (χ0v) is 16.9. The number of anilines is 3. The molecule has 29 heavy (non-hydrogen) atoms. The standard InChI is InChI=1S/C24H24N4O/c1-16-12-17(2)14-19(13-16)26-24-27-21-10-6-5-9-20(21)23(28-24)25-15-18-8-4-7-11-22(18)29-3/h4-14H,15H2,1-3H3,(H2,25,26,27,28). The van der Waals surface area contributed by atoms with Crippen molar-refractivity contribution in [2.45, 2.75) is 20.4 Å². The van der Waals surface area contributed by atoms with Crippen LogP contribution in [-0.2, 0) is 6.54 Å². The largest absolute Gasteiger partial charge is 0.496 e. The highest BCUT2D eigenvalue weighted by Crippen LogP contribution is 2.26. The fourth-order valence-electron chi connectivity index (χ4n) is 3.47. The first kappa shape index (κ1) is 18.7. The summed E-state index contributed by atoms with van der Waals surface area (Å²) in [5.74, 6) is 2.21. The summed E-state index contributed by atoms with van der Waals surface area (Å²) in [5, 5.41) is 7.79. The highest BCUT2D eigenvalue weighted by molar-refractivity contribution is 5.90. The Hall–Kier alpha value is -3.60. The van der Waals surface area contributed by atoms with Crippen LogP contribution in [0.25, 0.3) is 10.9 Å². The van der Waals surface area contributed by atoms with Crippen molar-refractivity contribution in [1.82, 2.24) is 9.97 Å². The van der Waals surface area contributed by atoms with Crippen molar-refractivity contribution < 1.29 is 4.74 Å². The van der Waals surface area contributed by atoms with Crippen molar-refractivity contribution in [1.29, 1.82) is 0 Å². The van der Waals surface area contributed by atoms with Gasteiger partial charge in [-0.3, -0.25) is 0 Å². The molecule has 0 saturated heterocycles. The highest BCUT2D eigenvalue weighted by atomic mass is 16.5. The molecule has 0 unspecified atom stereocenters. The van der Waals surface area contributed by atoms with Gasteiger partial charge in [-0.05, 0) is 55.3 Å². The number of aromatic nitrogens is 2. The molecular weight excluding hydrogens is 360 g/mol. The summed E-state index contributed by atoms with van der Waals surface area (Å²) in [6.07, 6.45) is 0. The lowest BCUT2D eigenvalue weighted by Gasteiger charge is -2.14. The molecule has 0 spiro atoms. The second-order valence-electron chi connectivity index (χ2n) is 7.08. The Morgan fingerprint density at radius 1 is 0.862 bits per heavy atom. The summed E-state index contributed by atoms with van der Waals surface area (Å²) < 4.78 is 5.46. The number of rotatable bonds is 6. The Bertz CT molecular complexity index is 1140. The molecule has 2 N–H and O–H groups in total. The maximum absolute atomic E-state index is 5.46. The van der Waals surface area contributed by atoms with E-state index in [1.54, 1.807) is 7.11 Å². The van der Waals surface area contributed by atoms with Crippen LogP contribution in [0.3, 0.4) is 0 Å². The Kier molecular flexibility index (Phi) is 5.29. The van der Waals surface area contributed by atoms with E-state index in [1.165, 1.54) is 11.1 Å². The van der Waals surface area contributed by atoms with Crippen LogP contribution in [0, 0.1) is 13.8 Å². The third-order valence-corrected chi connectivity index (χ3v) is 4.72. The molecule has 0 saturated carbocycles. The summed E-state index contributed by atoms with van der Waals surface area (Å²) in [7, 11) is 1.69. The fourth-order valence-corrected chi connectivity index (χ4v) is 3.47. The van der Waals surface area contributed by atoms with E-state index in [2.05, 4.69) is 42.7 Å². The molecule has 0 aliphatic rings. The van der Waals surface area contributed by atoms with E-state index in [0.29, 0.717) is 12.5 Å². The number of aryl methyl sites for hydroxylation is 2. The lowest BCUT2D eigenvalue weighted by Crippen LogP contribution is -2.06. The van der Waals surface area contributed by atoms with Crippen LogP contribution in [-0.4, -0.2) is 17.1 Å². The molecule has 146 valence electrons. The van der Waals surface area contributed by atoms with Crippen LogP contribution < -0.4 is 15.4 Å². The van der Waals surface area contributed by atoms with Crippen LogP contribution in [0.2, 0.25) is 0 Å². The minimum Gasteiger partial charge on any atom is -0.496 e. The van der Waals surface area contributed by atoms with E-state index in [-0.39, 0.29) is 0 Å². The molecule has 0 aliphatic carbocycles. The Labute approximate surface area is 170 Å². The molecule has 0 fully saturated rings. The van der Waals surface area contributed by atoms with E-state index in [0.717, 1.165) is 33.7 Å². The molecule has 4 aromatic rings. The van der Waals surface area contributed by atoms with Crippen molar-refractivity contribution >= 4 is 28.4 Å². The van der Waals surface area contributed by atoms with E-state index >= 15 is 0 Å². The molecule has 5 nitrogen and oxygen atoms in total. The fraction of sp³-hybridized carbons (Fsp3) is 0.167. The van der Waals surface area contributed by atoms with Crippen LogP contribution in [0.4, 0.5) is 17.5 Å². The maximum Gasteiger partial charge on any atom is 0.229 e. The molecule has 0 amide bonds. The zero-order chi connectivity index (χ0) is 20.2. The average molecular weight is 384 g/mol. The molecule has 5 heteroatoms. The number of nitrogens with one attached hydrogen (secondary N) is 2. The molecule has 0 atom stereocenters. The molecule has 0 aliphatic heterocycles. The number of hydrogen-bond donors (Lipinski definition) is 2. The second-order valence-corrected chi connectivity index (χ2v) is 7.08. The van der Waals surface area contributed by atoms with E-state index in [4.69, 9.17) is 14.7 Å². The van der Waals surface area contributed by atoms with Gasteiger partial charge in [-0.2, -0.15) is 4.98 Å². The van der Waals surface area contributed by atoms with Gasteiger partial charge in [0.25, 0.3) is 0 Å². The number of nitrogens with zero attached hydrogens (tertiary/aromatic N) is 2. The Balaban J connectivity index is 1.67. The number of fused-ring (bicyclic) bond motifs is 1. The van der Waals surface area contributed by atoms with Crippen molar-refractivity contribution in [3.63, 3.8) is 0 Å². The maximum atomic E-state index is 5.46. The molecule has 0 radical (unpaired) electrons. The lowest BCUT2D eigenvalue weighted by molar-refractivity contribution is 0.410. The summed E-state index contributed by atoms with van der Waals surface area (Å²) >= 11 is 0. The van der Waals surface area contributed by atoms with Crippen molar-refractivity contribution in [2.24, 2.45) is 0 Å². The van der Waals surface area contributed by atoms with Crippen molar-refractivity contribution in [3.8, 4) is 5.75 Å². The highest BCUT2D eigenvalue weighted by Gasteiger charge is 2.09. The van der Waals surface area contributed by atoms with Gasteiger partial charge in [-0.25, -0.2) is 4.98 Å². The topological polar surface area (TPSA) is 59.1 Å². The third-order valence-electron chi connectivity index (χ3n) is 4.72. The average Bonchev–Trinajstić information content (AvgIpc) is 2.71. The first-order valence-electron chi connectivity index (χ1n) is 9.60. The van der Waals surface area contributed by atoms with Crippen molar-refractivity contribution in [3.05, 3.63) is 83.4 Å².